The van der Waals surface area contributed by atoms with Gasteiger partial charge in [0.1, 0.15) is 23.8 Å². The van der Waals surface area contributed by atoms with Crippen LogP contribution in [-0.4, -0.2) is 35.8 Å². The second-order valence-electron chi connectivity index (χ2n) is 7.63. The van der Waals surface area contributed by atoms with Crippen LogP contribution in [0.1, 0.15) is 30.7 Å². The Labute approximate surface area is 179 Å². The van der Waals surface area contributed by atoms with Crippen LogP contribution in [0.3, 0.4) is 0 Å². The lowest BCUT2D eigenvalue weighted by Crippen LogP contribution is -2.23. The van der Waals surface area contributed by atoms with E-state index in [1.54, 1.807) is 0 Å². The lowest BCUT2D eigenvalue weighted by atomic mass is 10.0. The minimum Gasteiger partial charge on any atom is -0.490 e. The lowest BCUT2D eigenvalue weighted by Gasteiger charge is -2.17. The van der Waals surface area contributed by atoms with Crippen LogP contribution in [0.4, 0.5) is 30.7 Å². The van der Waals surface area contributed by atoms with Crippen molar-refractivity contribution in [3.05, 3.63) is 53.2 Å². The average molecular weight is 467 g/mol. The first-order chi connectivity index (χ1) is 14.6. The third-order valence-electron chi connectivity index (χ3n) is 3.86. The van der Waals surface area contributed by atoms with Gasteiger partial charge in [-0.15, -0.1) is 0 Å². The smallest absolute Gasteiger partial charge is 0.422 e. The monoisotopic (exact) mass is 467 g/mol. The summed E-state index contributed by atoms with van der Waals surface area (Å²) < 4.78 is 98.7. The van der Waals surface area contributed by atoms with Crippen LogP contribution in [0.5, 0.6) is 11.6 Å². The highest BCUT2D eigenvalue weighted by molar-refractivity contribution is 5.82. The molecule has 11 heteroatoms. The van der Waals surface area contributed by atoms with Crippen molar-refractivity contribution in [1.29, 1.82) is 0 Å². The maximum atomic E-state index is 13.7. The fourth-order valence-electron chi connectivity index (χ4n) is 2.50. The molecule has 0 N–H and O–H groups in total. The lowest BCUT2D eigenvalue weighted by molar-refractivity contribution is -0.154. The van der Waals surface area contributed by atoms with E-state index in [-0.39, 0.29) is 24.3 Å². The summed E-state index contributed by atoms with van der Waals surface area (Å²) in [4.78, 5) is 16.2. The van der Waals surface area contributed by atoms with Gasteiger partial charge in [0, 0.05) is 25.0 Å². The Morgan fingerprint density at radius 3 is 2.03 bits per heavy atom. The number of benzene rings is 1. The number of carbonyl (C=O) groups is 1. The molecular weight excluding hydrogens is 447 g/mol. The number of hydrogen-bond acceptors (Lipinski definition) is 4. The normalized spacial score (nSPS) is 12.5. The van der Waals surface area contributed by atoms with Crippen LogP contribution in [0.2, 0.25) is 0 Å². The van der Waals surface area contributed by atoms with E-state index in [1.807, 2.05) is 0 Å². The fraction of sp³-hybridized carbons (Fsp3) is 0.429. The number of carbonyl (C=O) groups excluding carboxylic acids is 1. The molecule has 0 amide bonds. The standard InChI is InChI=1S/C21H20F7NO3/c1-19(2,22)11-31-17-9-15(29-18(10-17)32-12-20(23,24)25)8-16(30)7-13-3-5-14(6-4-13)21(26,27)28/h3-6,9-10H,7-8,11-12H2,1-2H3. The second-order valence-corrected chi connectivity index (χ2v) is 7.63. The van der Waals surface area contributed by atoms with Crippen molar-refractivity contribution >= 4 is 5.78 Å². The molecule has 0 saturated carbocycles. The van der Waals surface area contributed by atoms with Crippen LogP contribution in [0.25, 0.3) is 0 Å². The van der Waals surface area contributed by atoms with Gasteiger partial charge in [-0.2, -0.15) is 26.3 Å². The number of alkyl halides is 7. The summed E-state index contributed by atoms with van der Waals surface area (Å²) in [5.74, 6) is -0.962. The molecule has 1 aromatic carbocycles. The van der Waals surface area contributed by atoms with Gasteiger partial charge in [-0.1, -0.05) is 12.1 Å². The zero-order valence-corrected chi connectivity index (χ0v) is 17.1. The molecule has 0 aliphatic heterocycles. The first-order valence-corrected chi connectivity index (χ1v) is 9.31. The second kappa shape index (κ2) is 9.74. The predicted octanol–water partition coefficient (Wildman–Crippen LogP) is 5.52. The molecule has 0 aliphatic carbocycles. The summed E-state index contributed by atoms with van der Waals surface area (Å²) in [7, 11) is 0. The Hall–Kier alpha value is -2.85. The van der Waals surface area contributed by atoms with Gasteiger partial charge < -0.3 is 9.47 Å². The van der Waals surface area contributed by atoms with Crippen LogP contribution in [0.15, 0.2) is 36.4 Å². The number of ketones is 1. The number of nitrogens with zero attached hydrogens (tertiary/aromatic N) is 1. The molecule has 0 aliphatic rings. The highest BCUT2D eigenvalue weighted by Gasteiger charge is 2.30. The maximum Gasteiger partial charge on any atom is 0.422 e. The van der Waals surface area contributed by atoms with Crippen molar-refractivity contribution in [2.45, 2.75) is 44.7 Å². The summed E-state index contributed by atoms with van der Waals surface area (Å²) >= 11 is 0. The fourth-order valence-corrected chi connectivity index (χ4v) is 2.50. The summed E-state index contributed by atoms with van der Waals surface area (Å²) in [6.07, 6.45) is -9.70. The summed E-state index contributed by atoms with van der Waals surface area (Å²) in [5, 5.41) is 0. The van der Waals surface area contributed by atoms with Crippen molar-refractivity contribution in [1.82, 2.24) is 4.98 Å². The highest BCUT2D eigenvalue weighted by Crippen LogP contribution is 2.29. The van der Waals surface area contributed by atoms with Crippen molar-refractivity contribution in [3.8, 4) is 11.6 Å². The largest absolute Gasteiger partial charge is 0.490 e. The quantitative estimate of drug-likeness (QED) is 0.456. The van der Waals surface area contributed by atoms with Crippen LogP contribution < -0.4 is 9.47 Å². The van der Waals surface area contributed by atoms with Gasteiger partial charge in [0.2, 0.25) is 5.88 Å². The Bertz CT molecular complexity index is 881. The minimum atomic E-state index is -4.63. The van der Waals surface area contributed by atoms with E-state index < -0.39 is 48.5 Å². The number of rotatable bonds is 9. The topological polar surface area (TPSA) is 48.4 Å². The predicted molar refractivity (Wildman–Crippen MR) is 100 cm³/mol. The molecule has 2 aromatic rings. The molecule has 2 rings (SSSR count). The number of ether oxygens (including phenoxy) is 2. The van der Waals surface area contributed by atoms with Gasteiger partial charge in [-0.25, -0.2) is 9.37 Å². The molecule has 1 heterocycles. The van der Waals surface area contributed by atoms with E-state index in [0.717, 1.165) is 30.3 Å². The van der Waals surface area contributed by atoms with Gasteiger partial charge in [-0.3, -0.25) is 4.79 Å². The molecule has 0 saturated heterocycles. The first kappa shape index (κ1) is 25.4. The van der Waals surface area contributed by atoms with Gasteiger partial charge in [-0.05, 0) is 31.5 Å². The highest BCUT2D eigenvalue weighted by atomic mass is 19.4. The van der Waals surface area contributed by atoms with E-state index in [2.05, 4.69) is 9.72 Å². The number of hydrogen-bond donors (Lipinski definition) is 0. The molecule has 4 nitrogen and oxygen atoms in total. The molecule has 176 valence electrons. The number of Topliss-reactive ketones (excluding diaryl/α,β-unsaturated/α-hetero) is 1. The van der Waals surface area contributed by atoms with Crippen molar-refractivity contribution in [2.75, 3.05) is 13.2 Å². The zero-order chi connectivity index (χ0) is 24.2. The van der Waals surface area contributed by atoms with Crippen molar-refractivity contribution in [2.24, 2.45) is 0 Å². The Morgan fingerprint density at radius 1 is 0.875 bits per heavy atom. The molecule has 32 heavy (non-hydrogen) atoms. The molecule has 0 bridgehead atoms. The number of pyridine rings is 1. The molecule has 0 fully saturated rings. The number of halogens is 7. The SMILES string of the molecule is CC(C)(F)COc1cc(CC(=O)Cc2ccc(C(F)(F)F)cc2)nc(OCC(F)(F)F)c1. The Morgan fingerprint density at radius 2 is 1.50 bits per heavy atom. The maximum absolute atomic E-state index is 13.7. The Kier molecular flexibility index (Phi) is 7.74. The summed E-state index contributed by atoms with van der Waals surface area (Å²) in [5.41, 5.74) is -2.26. The van der Waals surface area contributed by atoms with Gasteiger partial charge in [0.05, 0.1) is 11.3 Å². The van der Waals surface area contributed by atoms with Crippen LogP contribution in [0, 0.1) is 0 Å². The molecular formula is C21H20F7NO3. The molecule has 0 radical (unpaired) electrons. The zero-order valence-electron chi connectivity index (χ0n) is 17.1. The van der Waals surface area contributed by atoms with E-state index in [1.165, 1.54) is 19.9 Å². The van der Waals surface area contributed by atoms with Crippen molar-refractivity contribution in [3.63, 3.8) is 0 Å². The first-order valence-electron chi connectivity index (χ1n) is 9.31. The van der Waals surface area contributed by atoms with Gasteiger partial charge in [0.25, 0.3) is 0 Å². The average Bonchev–Trinajstić information content (AvgIpc) is 2.63. The third kappa shape index (κ3) is 9.11. The number of aromatic nitrogens is 1. The van der Waals surface area contributed by atoms with Crippen molar-refractivity contribution < 1.29 is 45.0 Å². The molecule has 0 unspecified atom stereocenters. The van der Waals surface area contributed by atoms with E-state index in [0.29, 0.717) is 5.56 Å². The van der Waals surface area contributed by atoms with Crippen LogP contribution >= 0.6 is 0 Å². The molecule has 0 spiro atoms. The molecule has 1 aromatic heterocycles. The third-order valence-corrected chi connectivity index (χ3v) is 3.86. The minimum absolute atomic E-state index is 0.00764. The van der Waals surface area contributed by atoms with Gasteiger partial charge >= 0.3 is 12.4 Å². The molecule has 0 atom stereocenters. The van der Waals surface area contributed by atoms with E-state index >= 15 is 0 Å². The van der Waals surface area contributed by atoms with E-state index in [9.17, 15) is 35.5 Å². The van der Waals surface area contributed by atoms with E-state index in [4.69, 9.17) is 4.74 Å². The van der Waals surface area contributed by atoms with Crippen LogP contribution in [-0.2, 0) is 23.8 Å². The Balaban J connectivity index is 2.14. The summed E-state index contributed by atoms with van der Waals surface area (Å²) in [6, 6.07) is 6.32. The van der Waals surface area contributed by atoms with Gasteiger partial charge in [0.15, 0.2) is 6.61 Å². The summed E-state index contributed by atoms with van der Waals surface area (Å²) in [6.45, 7) is 0.444.